The minimum absolute atomic E-state index is 0. The van der Waals surface area contributed by atoms with Crippen molar-refractivity contribution in [2.24, 2.45) is 17.3 Å². The van der Waals surface area contributed by atoms with Crippen molar-refractivity contribution >= 4 is 21.9 Å². The number of rotatable bonds is 8. The number of pyridine rings is 1. The van der Waals surface area contributed by atoms with E-state index in [0.29, 0.717) is 55.0 Å². The normalized spacial score (nSPS) is 28.7. The maximum atomic E-state index is 14.6. The van der Waals surface area contributed by atoms with Crippen LogP contribution in [-0.2, 0) is 14.9 Å². The minimum atomic E-state index is -4.06. The number of carbonyl (C=O) groups is 1. The molecule has 1 amide bonds. The number of carbonyl (C=O) groups excluding carboxylic acids is 1. The Morgan fingerprint density at radius 1 is 1.27 bits per heavy atom. The van der Waals surface area contributed by atoms with Crippen LogP contribution in [0.4, 0.5) is 10.2 Å². The van der Waals surface area contributed by atoms with Crippen molar-refractivity contribution in [3.8, 4) is 17.0 Å². The predicted molar refractivity (Wildman–Crippen MR) is 151 cm³/mol. The predicted octanol–water partition coefficient (Wildman–Crippen LogP) is 4.24. The van der Waals surface area contributed by atoms with Gasteiger partial charge in [0.25, 0.3) is 5.91 Å². The van der Waals surface area contributed by atoms with Crippen LogP contribution >= 0.6 is 0 Å². The molecular formula is C29H39FN4O5S. The number of halogens is 1. The molecule has 0 bridgehead atoms. The van der Waals surface area contributed by atoms with Gasteiger partial charge in [-0.15, -0.1) is 0 Å². The van der Waals surface area contributed by atoms with E-state index in [4.69, 9.17) is 14.5 Å². The molecule has 3 saturated heterocycles. The number of anilines is 1. The second-order valence-electron chi connectivity index (χ2n) is 12.9. The van der Waals surface area contributed by atoms with Crippen LogP contribution in [0, 0.1) is 23.1 Å². The zero-order valence-electron chi connectivity index (χ0n) is 23.6. The van der Waals surface area contributed by atoms with Gasteiger partial charge in [0, 0.05) is 37.1 Å². The van der Waals surface area contributed by atoms with Crippen LogP contribution < -0.4 is 14.4 Å². The molecule has 0 radical (unpaired) electrons. The first kappa shape index (κ1) is 27.4. The SMILES string of the molecule is CC(C)COc1cc(F)cc(-c2ccc(C(=O)NS(=O)(=O)N3CC45CC4OCC35)c(N3C[C@@H](C)CC3(C)C)n2)c1.[HH]. The van der Waals surface area contributed by atoms with Gasteiger partial charge in [0.05, 0.1) is 36.6 Å². The van der Waals surface area contributed by atoms with Crippen molar-refractivity contribution in [1.82, 2.24) is 14.0 Å². The van der Waals surface area contributed by atoms with E-state index >= 15 is 0 Å². The first-order valence-corrected chi connectivity index (χ1v) is 15.4. The van der Waals surface area contributed by atoms with Crippen molar-refractivity contribution in [3.05, 3.63) is 41.7 Å². The molecule has 1 aromatic heterocycles. The molecule has 9 nitrogen and oxygen atoms in total. The van der Waals surface area contributed by atoms with Gasteiger partial charge in [0.1, 0.15) is 17.4 Å². The highest BCUT2D eigenvalue weighted by molar-refractivity contribution is 7.87. The lowest BCUT2D eigenvalue weighted by Gasteiger charge is -2.44. The second kappa shape index (κ2) is 9.39. The summed E-state index contributed by atoms with van der Waals surface area (Å²) in [5, 5.41) is 0. The fourth-order valence-corrected chi connectivity index (χ4v) is 8.13. The van der Waals surface area contributed by atoms with Crippen LogP contribution in [0.3, 0.4) is 0 Å². The molecule has 11 heteroatoms. The van der Waals surface area contributed by atoms with Gasteiger partial charge in [0.15, 0.2) is 0 Å². The van der Waals surface area contributed by atoms with Gasteiger partial charge in [-0.25, -0.2) is 14.1 Å². The molecule has 4 atom stereocenters. The van der Waals surface area contributed by atoms with Crippen molar-refractivity contribution in [2.45, 2.75) is 65.1 Å². The first-order valence-electron chi connectivity index (χ1n) is 14.0. The lowest BCUT2D eigenvalue weighted by atomic mass is 9.90. The van der Waals surface area contributed by atoms with Gasteiger partial charge >= 0.3 is 10.2 Å². The number of nitrogens with one attached hydrogen (secondary N) is 1. The summed E-state index contributed by atoms with van der Waals surface area (Å²) in [6.45, 7) is 12.1. The number of ether oxygens (including phenoxy) is 2. The Morgan fingerprint density at radius 2 is 2.05 bits per heavy atom. The molecule has 3 unspecified atom stereocenters. The van der Waals surface area contributed by atoms with E-state index in [9.17, 15) is 17.6 Å². The molecule has 40 heavy (non-hydrogen) atoms. The van der Waals surface area contributed by atoms with Gasteiger partial charge in [-0.2, -0.15) is 12.7 Å². The number of amides is 1. The van der Waals surface area contributed by atoms with E-state index < -0.39 is 21.9 Å². The zero-order valence-corrected chi connectivity index (χ0v) is 24.4. The molecule has 2 aromatic rings. The number of hydrogen-bond donors (Lipinski definition) is 1. The summed E-state index contributed by atoms with van der Waals surface area (Å²) in [5.74, 6) is 0.201. The molecular weight excluding hydrogens is 535 g/mol. The molecule has 1 aliphatic carbocycles. The van der Waals surface area contributed by atoms with Crippen LogP contribution in [0.15, 0.2) is 30.3 Å². The monoisotopic (exact) mass is 574 g/mol. The van der Waals surface area contributed by atoms with Gasteiger partial charge in [-0.05, 0) is 62.8 Å². The van der Waals surface area contributed by atoms with Crippen molar-refractivity contribution < 1.29 is 28.5 Å². The highest BCUT2D eigenvalue weighted by atomic mass is 32.2. The van der Waals surface area contributed by atoms with Crippen molar-refractivity contribution in [3.63, 3.8) is 0 Å². The molecule has 3 aliphatic heterocycles. The Labute approximate surface area is 236 Å². The van der Waals surface area contributed by atoms with E-state index in [1.807, 2.05) is 13.8 Å². The molecule has 4 fully saturated rings. The van der Waals surface area contributed by atoms with Crippen LogP contribution in [-0.4, -0.2) is 67.6 Å². The van der Waals surface area contributed by atoms with E-state index in [-0.39, 0.29) is 36.0 Å². The molecule has 1 N–H and O–H groups in total. The number of benzene rings is 1. The molecule has 6 rings (SSSR count). The van der Waals surface area contributed by atoms with Crippen molar-refractivity contribution in [1.29, 1.82) is 0 Å². The smallest absolute Gasteiger partial charge is 0.304 e. The summed E-state index contributed by atoms with van der Waals surface area (Å²) in [5.41, 5.74) is 0.745. The van der Waals surface area contributed by atoms with E-state index in [2.05, 4.69) is 30.4 Å². The van der Waals surface area contributed by atoms with Gasteiger partial charge in [0.2, 0.25) is 0 Å². The van der Waals surface area contributed by atoms with Gasteiger partial charge in [-0.3, -0.25) is 4.79 Å². The topological polar surface area (TPSA) is 101 Å². The average Bonchev–Trinajstić information content (AvgIpc) is 3.44. The van der Waals surface area contributed by atoms with Gasteiger partial charge in [-0.1, -0.05) is 20.8 Å². The molecule has 1 saturated carbocycles. The molecule has 4 aliphatic rings. The van der Waals surface area contributed by atoms with Crippen molar-refractivity contribution in [2.75, 3.05) is 31.2 Å². The largest absolute Gasteiger partial charge is 0.493 e. The van der Waals surface area contributed by atoms with Crippen LogP contribution in [0.5, 0.6) is 5.75 Å². The molecule has 218 valence electrons. The third-order valence-electron chi connectivity index (χ3n) is 8.69. The fraction of sp³-hybridized carbons (Fsp3) is 0.586. The summed E-state index contributed by atoms with van der Waals surface area (Å²) in [7, 11) is -4.06. The van der Waals surface area contributed by atoms with Crippen LogP contribution in [0.25, 0.3) is 11.3 Å². The van der Waals surface area contributed by atoms with E-state index in [1.165, 1.54) is 16.4 Å². The summed E-state index contributed by atoms with van der Waals surface area (Å²) in [4.78, 5) is 20.5. The Kier molecular flexibility index (Phi) is 6.43. The van der Waals surface area contributed by atoms with E-state index in [1.54, 1.807) is 18.2 Å². The lowest BCUT2D eigenvalue weighted by Crippen LogP contribution is -2.63. The highest BCUT2D eigenvalue weighted by Crippen LogP contribution is 2.64. The third kappa shape index (κ3) is 4.65. The van der Waals surface area contributed by atoms with E-state index in [0.717, 1.165) is 12.8 Å². The number of nitrogens with zero attached hydrogens (tertiary/aromatic N) is 3. The minimum Gasteiger partial charge on any atom is -0.493 e. The Morgan fingerprint density at radius 3 is 2.70 bits per heavy atom. The molecule has 4 heterocycles. The van der Waals surface area contributed by atoms with Crippen LogP contribution in [0.1, 0.15) is 59.2 Å². The maximum Gasteiger partial charge on any atom is 0.304 e. The Balaban J connectivity index is 0.00000337. The summed E-state index contributed by atoms with van der Waals surface area (Å²) in [6, 6.07) is 7.43. The highest BCUT2D eigenvalue weighted by Gasteiger charge is 2.75. The van der Waals surface area contributed by atoms with Gasteiger partial charge < -0.3 is 14.4 Å². The summed E-state index contributed by atoms with van der Waals surface area (Å²) >= 11 is 0. The standard InChI is InChI=1S/C29H37FN4O5S.H2/c1-17(2)14-38-21-9-19(8-20(30)10-21)23-7-6-22(26(31-23)33-13-18(3)11-28(33,4)5)27(35)32-40(36,37)34-16-29-12-25(29)39-15-24(29)34;/h6-10,17-18,24-25H,11-16H2,1-5H3,(H,32,35);1H/t18-,24?,25?,29?;/m0./s1. The summed E-state index contributed by atoms with van der Waals surface area (Å²) in [6.07, 6.45) is 1.89. The zero-order chi connectivity index (χ0) is 28.6. The summed E-state index contributed by atoms with van der Waals surface area (Å²) < 4.78 is 56.1. The Hall–Kier alpha value is -2.76. The number of hydrogen-bond acceptors (Lipinski definition) is 7. The lowest BCUT2D eigenvalue weighted by molar-refractivity contribution is 0.0821. The number of aromatic nitrogens is 1. The average molecular weight is 575 g/mol. The maximum absolute atomic E-state index is 14.6. The quantitative estimate of drug-likeness (QED) is 0.503. The Bertz CT molecular complexity index is 1470. The fourth-order valence-electron chi connectivity index (χ4n) is 6.66. The molecule has 1 spiro atoms. The first-order chi connectivity index (χ1) is 18.8. The third-order valence-corrected chi connectivity index (χ3v) is 10.1. The molecule has 1 aromatic carbocycles. The second-order valence-corrected chi connectivity index (χ2v) is 14.6. The van der Waals surface area contributed by atoms with Crippen LogP contribution in [0.2, 0.25) is 0 Å².